The van der Waals surface area contributed by atoms with Crippen molar-refractivity contribution in [1.82, 2.24) is 15.3 Å². The van der Waals surface area contributed by atoms with E-state index in [1.165, 1.54) is 31.6 Å². The third-order valence-corrected chi connectivity index (χ3v) is 2.76. The van der Waals surface area contributed by atoms with Crippen LogP contribution in [0.25, 0.3) is 11.4 Å². The van der Waals surface area contributed by atoms with Crippen molar-refractivity contribution in [2.75, 3.05) is 13.8 Å². The number of amides is 1. The van der Waals surface area contributed by atoms with Crippen LogP contribution in [0, 0.1) is 0 Å². The summed E-state index contributed by atoms with van der Waals surface area (Å²) in [7, 11) is 1.44. The molecule has 116 valence electrons. The molecule has 2 rings (SSSR count). The van der Waals surface area contributed by atoms with Crippen molar-refractivity contribution in [2.24, 2.45) is 0 Å². The number of benzene rings is 1. The summed E-state index contributed by atoms with van der Waals surface area (Å²) in [4.78, 5) is 19.6. The molecule has 0 aliphatic carbocycles. The minimum atomic E-state index is -4.39. The Kier molecular flexibility index (Phi) is 4.71. The van der Waals surface area contributed by atoms with Crippen molar-refractivity contribution in [3.05, 3.63) is 47.8 Å². The summed E-state index contributed by atoms with van der Waals surface area (Å²) in [6.07, 6.45) is -1.79. The second-order valence-corrected chi connectivity index (χ2v) is 4.31. The third kappa shape index (κ3) is 3.79. The highest BCUT2D eigenvalue weighted by Gasteiger charge is 2.30. The van der Waals surface area contributed by atoms with E-state index < -0.39 is 17.6 Å². The zero-order chi connectivity index (χ0) is 16.2. The quantitative estimate of drug-likeness (QED) is 0.881. The minimum Gasteiger partial charge on any atom is -0.364 e. The highest BCUT2D eigenvalue weighted by atomic mass is 19.4. The van der Waals surface area contributed by atoms with E-state index in [4.69, 9.17) is 4.74 Å². The van der Waals surface area contributed by atoms with Crippen molar-refractivity contribution in [1.29, 1.82) is 0 Å². The van der Waals surface area contributed by atoms with Crippen LogP contribution in [0.1, 0.15) is 15.9 Å². The van der Waals surface area contributed by atoms with Gasteiger partial charge in [0.2, 0.25) is 0 Å². The SMILES string of the molecule is COCNC(=O)c1cnc(-c2ccc(C(F)(F)F)cc2)nc1. The molecule has 8 heteroatoms. The lowest BCUT2D eigenvalue weighted by Crippen LogP contribution is -2.25. The number of aromatic nitrogens is 2. The Hall–Kier alpha value is -2.48. The highest BCUT2D eigenvalue weighted by Crippen LogP contribution is 2.30. The highest BCUT2D eigenvalue weighted by molar-refractivity contribution is 5.93. The van der Waals surface area contributed by atoms with Gasteiger partial charge >= 0.3 is 6.18 Å². The molecule has 1 aromatic heterocycles. The Morgan fingerprint density at radius 3 is 2.27 bits per heavy atom. The van der Waals surface area contributed by atoms with Crippen LogP contribution in [-0.4, -0.2) is 29.7 Å². The van der Waals surface area contributed by atoms with Crippen LogP contribution in [0.5, 0.6) is 0 Å². The molecule has 0 radical (unpaired) electrons. The summed E-state index contributed by atoms with van der Waals surface area (Å²) in [5.74, 6) is -0.169. The van der Waals surface area contributed by atoms with E-state index >= 15 is 0 Å². The van der Waals surface area contributed by atoms with Gasteiger partial charge in [0, 0.05) is 25.1 Å². The molecule has 0 spiro atoms. The largest absolute Gasteiger partial charge is 0.416 e. The average molecular weight is 311 g/mol. The molecule has 0 aliphatic heterocycles. The van der Waals surface area contributed by atoms with Gasteiger partial charge in [-0.15, -0.1) is 0 Å². The number of rotatable bonds is 4. The van der Waals surface area contributed by atoms with Gasteiger partial charge in [-0.25, -0.2) is 9.97 Å². The number of alkyl halides is 3. The van der Waals surface area contributed by atoms with E-state index in [1.807, 2.05) is 0 Å². The zero-order valence-corrected chi connectivity index (χ0v) is 11.5. The molecule has 2 aromatic rings. The molecular formula is C14H12F3N3O2. The fourth-order valence-corrected chi connectivity index (χ4v) is 1.64. The average Bonchev–Trinajstić information content (AvgIpc) is 2.52. The minimum absolute atomic E-state index is 0.0550. The van der Waals surface area contributed by atoms with Gasteiger partial charge in [-0.1, -0.05) is 12.1 Å². The van der Waals surface area contributed by atoms with E-state index in [0.29, 0.717) is 5.56 Å². The fourth-order valence-electron chi connectivity index (χ4n) is 1.64. The number of halogens is 3. The molecule has 1 aromatic carbocycles. The van der Waals surface area contributed by atoms with E-state index in [0.717, 1.165) is 12.1 Å². The van der Waals surface area contributed by atoms with Crippen LogP contribution in [0.15, 0.2) is 36.7 Å². The number of carbonyl (C=O) groups is 1. The second kappa shape index (κ2) is 6.52. The number of nitrogens with zero attached hydrogens (tertiary/aromatic N) is 2. The second-order valence-electron chi connectivity index (χ2n) is 4.31. The first kappa shape index (κ1) is 15.9. The molecule has 0 fully saturated rings. The maximum Gasteiger partial charge on any atom is 0.416 e. The Morgan fingerprint density at radius 1 is 1.18 bits per heavy atom. The molecule has 0 atom stereocenters. The van der Waals surface area contributed by atoms with Gasteiger partial charge in [-0.05, 0) is 12.1 Å². The molecule has 0 unspecified atom stereocenters. The van der Waals surface area contributed by atoms with Crippen molar-refractivity contribution in [2.45, 2.75) is 6.18 Å². The van der Waals surface area contributed by atoms with Crippen LogP contribution in [0.3, 0.4) is 0 Å². The molecule has 1 N–H and O–H groups in total. The van der Waals surface area contributed by atoms with E-state index in [9.17, 15) is 18.0 Å². The van der Waals surface area contributed by atoms with Crippen molar-refractivity contribution in [3.63, 3.8) is 0 Å². The van der Waals surface area contributed by atoms with Crippen LogP contribution in [0.2, 0.25) is 0 Å². The maximum absolute atomic E-state index is 12.5. The van der Waals surface area contributed by atoms with Gasteiger partial charge in [0.1, 0.15) is 6.73 Å². The first-order chi connectivity index (χ1) is 10.4. The number of carbonyl (C=O) groups excluding carboxylic acids is 1. The molecule has 0 saturated heterocycles. The summed E-state index contributed by atoms with van der Waals surface area (Å²) in [5, 5.41) is 2.47. The Morgan fingerprint density at radius 2 is 1.77 bits per heavy atom. The molecule has 5 nitrogen and oxygen atoms in total. The smallest absolute Gasteiger partial charge is 0.364 e. The fraction of sp³-hybridized carbons (Fsp3) is 0.214. The van der Waals surface area contributed by atoms with Crippen molar-refractivity contribution >= 4 is 5.91 Å². The lowest BCUT2D eigenvalue weighted by Gasteiger charge is -2.07. The standard InChI is InChI=1S/C14H12F3N3O2/c1-22-8-20-13(21)10-6-18-12(19-7-10)9-2-4-11(5-3-9)14(15,16)17/h2-7H,8H2,1H3,(H,20,21). The first-order valence-corrected chi connectivity index (χ1v) is 6.18. The Labute approximate surface area is 124 Å². The van der Waals surface area contributed by atoms with Crippen LogP contribution in [0.4, 0.5) is 13.2 Å². The van der Waals surface area contributed by atoms with Crippen LogP contribution < -0.4 is 5.32 Å². The monoisotopic (exact) mass is 311 g/mol. The summed E-state index contributed by atoms with van der Waals surface area (Å²) in [5.41, 5.74) is -0.0867. The number of ether oxygens (including phenoxy) is 1. The maximum atomic E-state index is 12.5. The molecule has 1 heterocycles. The molecule has 1 amide bonds. The lowest BCUT2D eigenvalue weighted by atomic mass is 10.1. The predicted molar refractivity (Wildman–Crippen MR) is 71.8 cm³/mol. The van der Waals surface area contributed by atoms with Gasteiger partial charge in [-0.2, -0.15) is 13.2 Å². The summed E-state index contributed by atoms with van der Waals surface area (Å²) in [6, 6.07) is 4.47. The van der Waals surface area contributed by atoms with Gasteiger partial charge in [0.25, 0.3) is 5.91 Å². The predicted octanol–water partition coefficient (Wildman–Crippen LogP) is 2.50. The van der Waals surface area contributed by atoms with E-state index in [1.54, 1.807) is 0 Å². The van der Waals surface area contributed by atoms with Gasteiger partial charge in [0.15, 0.2) is 5.82 Å². The summed E-state index contributed by atoms with van der Waals surface area (Å²) >= 11 is 0. The van der Waals surface area contributed by atoms with Crippen LogP contribution in [-0.2, 0) is 10.9 Å². The third-order valence-electron chi connectivity index (χ3n) is 2.76. The first-order valence-electron chi connectivity index (χ1n) is 6.18. The van der Waals surface area contributed by atoms with Gasteiger partial charge in [0.05, 0.1) is 11.1 Å². The topological polar surface area (TPSA) is 64.1 Å². The zero-order valence-electron chi connectivity index (χ0n) is 11.5. The summed E-state index contributed by atoms with van der Waals surface area (Å²) < 4.78 is 42.1. The number of hydrogen-bond acceptors (Lipinski definition) is 4. The summed E-state index contributed by atoms with van der Waals surface area (Å²) in [6.45, 7) is 0.0550. The van der Waals surface area contributed by atoms with Gasteiger partial charge in [-0.3, -0.25) is 4.79 Å². The van der Waals surface area contributed by atoms with Gasteiger partial charge < -0.3 is 10.1 Å². The molecule has 22 heavy (non-hydrogen) atoms. The normalized spacial score (nSPS) is 11.3. The Balaban J connectivity index is 2.15. The van der Waals surface area contributed by atoms with Crippen molar-refractivity contribution in [3.8, 4) is 11.4 Å². The number of hydrogen-bond donors (Lipinski definition) is 1. The lowest BCUT2D eigenvalue weighted by molar-refractivity contribution is -0.137. The van der Waals surface area contributed by atoms with E-state index in [2.05, 4.69) is 15.3 Å². The number of methoxy groups -OCH3 is 1. The molecule has 0 saturated carbocycles. The number of nitrogens with one attached hydrogen (secondary N) is 1. The van der Waals surface area contributed by atoms with Crippen molar-refractivity contribution < 1.29 is 22.7 Å². The van der Waals surface area contributed by atoms with E-state index in [-0.39, 0.29) is 18.1 Å². The molecule has 0 bridgehead atoms. The molecular weight excluding hydrogens is 299 g/mol. The Bertz CT molecular complexity index is 640. The van der Waals surface area contributed by atoms with Crippen LogP contribution >= 0.6 is 0 Å². The molecule has 0 aliphatic rings.